The van der Waals surface area contributed by atoms with Gasteiger partial charge >= 0.3 is 0 Å². The number of nitrogens with two attached hydrogens (primary N) is 1. The quantitative estimate of drug-likeness (QED) is 0.604. The van der Waals surface area contributed by atoms with Crippen molar-refractivity contribution in [3.63, 3.8) is 0 Å². The summed E-state index contributed by atoms with van der Waals surface area (Å²) in [5.41, 5.74) is 6.21. The van der Waals surface area contributed by atoms with Crippen LogP contribution in [0.15, 0.2) is 0 Å². The molecule has 2 unspecified atom stereocenters. The fourth-order valence-electron chi connectivity index (χ4n) is 2.58. The van der Waals surface area contributed by atoms with Crippen LogP contribution in [-0.2, 0) is 0 Å². The van der Waals surface area contributed by atoms with Crippen LogP contribution in [0.1, 0.15) is 73.1 Å². The molecule has 0 aliphatic rings. The summed E-state index contributed by atoms with van der Waals surface area (Å²) in [6.45, 7) is 14.7. The largest absolute Gasteiger partial charge is 0.329 e. The molecule has 0 spiro atoms. The zero-order valence-electron chi connectivity index (χ0n) is 13.5. The summed E-state index contributed by atoms with van der Waals surface area (Å²) >= 11 is 0. The van der Waals surface area contributed by atoms with Crippen molar-refractivity contribution >= 4 is 0 Å². The van der Waals surface area contributed by atoms with Crippen molar-refractivity contribution in [3.05, 3.63) is 0 Å². The second-order valence-electron chi connectivity index (χ2n) is 5.92. The van der Waals surface area contributed by atoms with Gasteiger partial charge in [0.1, 0.15) is 0 Å². The summed E-state index contributed by atoms with van der Waals surface area (Å²) in [4.78, 5) is 2.65. The molecule has 0 aliphatic carbocycles. The first-order chi connectivity index (χ1) is 8.57. The van der Waals surface area contributed by atoms with Crippen LogP contribution in [0.2, 0.25) is 0 Å². The van der Waals surface area contributed by atoms with Gasteiger partial charge in [-0.3, -0.25) is 4.90 Å². The van der Waals surface area contributed by atoms with E-state index in [9.17, 15) is 0 Å². The molecule has 2 N–H and O–H groups in total. The third kappa shape index (κ3) is 5.71. The molecule has 0 aliphatic heterocycles. The second kappa shape index (κ2) is 9.80. The number of hydrogen-bond donors (Lipinski definition) is 1. The SMILES string of the molecule is CCCCC(CC)CN(CCC)C(C)(CC)CN. The Balaban J connectivity index is 4.57. The van der Waals surface area contributed by atoms with Crippen molar-refractivity contribution in [1.29, 1.82) is 0 Å². The smallest absolute Gasteiger partial charge is 0.0301 e. The molecular formula is C16H36N2. The van der Waals surface area contributed by atoms with E-state index in [0.29, 0.717) is 0 Å². The highest BCUT2D eigenvalue weighted by Crippen LogP contribution is 2.23. The van der Waals surface area contributed by atoms with E-state index in [1.807, 2.05) is 0 Å². The van der Waals surface area contributed by atoms with Gasteiger partial charge in [-0.2, -0.15) is 0 Å². The summed E-state index contributed by atoms with van der Waals surface area (Å²) in [7, 11) is 0. The first-order valence-corrected chi connectivity index (χ1v) is 8.02. The molecule has 0 aromatic rings. The maximum atomic E-state index is 6.02. The van der Waals surface area contributed by atoms with Gasteiger partial charge < -0.3 is 5.73 Å². The number of unbranched alkanes of at least 4 members (excludes halogenated alkanes) is 1. The minimum absolute atomic E-state index is 0.190. The lowest BCUT2D eigenvalue weighted by Crippen LogP contribution is -2.53. The third-order valence-electron chi connectivity index (χ3n) is 4.48. The molecule has 18 heavy (non-hydrogen) atoms. The minimum Gasteiger partial charge on any atom is -0.329 e. The fourth-order valence-corrected chi connectivity index (χ4v) is 2.58. The van der Waals surface area contributed by atoms with Crippen LogP contribution >= 0.6 is 0 Å². The Morgan fingerprint density at radius 3 is 2.17 bits per heavy atom. The normalized spacial score (nSPS) is 16.8. The van der Waals surface area contributed by atoms with E-state index in [2.05, 4.69) is 39.5 Å². The van der Waals surface area contributed by atoms with E-state index in [-0.39, 0.29) is 5.54 Å². The molecule has 0 amide bonds. The molecule has 0 heterocycles. The average molecular weight is 256 g/mol. The summed E-state index contributed by atoms with van der Waals surface area (Å²) in [5, 5.41) is 0. The van der Waals surface area contributed by atoms with Crippen molar-refractivity contribution in [2.45, 2.75) is 78.7 Å². The van der Waals surface area contributed by atoms with Gasteiger partial charge in [-0.05, 0) is 38.6 Å². The molecule has 0 bridgehead atoms. The maximum absolute atomic E-state index is 6.02. The molecule has 2 atom stereocenters. The molecule has 0 radical (unpaired) electrons. The van der Waals surface area contributed by atoms with Gasteiger partial charge in [-0.15, -0.1) is 0 Å². The molecule has 0 rings (SSSR count). The van der Waals surface area contributed by atoms with E-state index < -0.39 is 0 Å². The number of hydrogen-bond acceptors (Lipinski definition) is 2. The van der Waals surface area contributed by atoms with Gasteiger partial charge in [0.05, 0.1) is 0 Å². The number of rotatable bonds is 11. The van der Waals surface area contributed by atoms with E-state index >= 15 is 0 Å². The van der Waals surface area contributed by atoms with Crippen molar-refractivity contribution in [1.82, 2.24) is 4.90 Å². The number of nitrogens with zero attached hydrogens (tertiary/aromatic N) is 1. The van der Waals surface area contributed by atoms with Gasteiger partial charge in [0.25, 0.3) is 0 Å². The van der Waals surface area contributed by atoms with Crippen LogP contribution in [-0.4, -0.2) is 30.1 Å². The van der Waals surface area contributed by atoms with Crippen LogP contribution in [0.3, 0.4) is 0 Å². The zero-order chi connectivity index (χ0) is 14.0. The van der Waals surface area contributed by atoms with E-state index in [1.54, 1.807) is 0 Å². The summed E-state index contributed by atoms with van der Waals surface area (Å²) < 4.78 is 0. The third-order valence-corrected chi connectivity index (χ3v) is 4.48. The van der Waals surface area contributed by atoms with E-state index in [1.165, 1.54) is 45.2 Å². The van der Waals surface area contributed by atoms with Crippen LogP contribution in [0.5, 0.6) is 0 Å². The van der Waals surface area contributed by atoms with Gasteiger partial charge in [-0.1, -0.05) is 47.0 Å². The topological polar surface area (TPSA) is 29.3 Å². The Bertz CT molecular complexity index is 188. The highest BCUT2D eigenvalue weighted by molar-refractivity contribution is 4.87. The van der Waals surface area contributed by atoms with Crippen LogP contribution in [0.25, 0.3) is 0 Å². The lowest BCUT2D eigenvalue weighted by atomic mass is 9.92. The Morgan fingerprint density at radius 2 is 1.78 bits per heavy atom. The van der Waals surface area contributed by atoms with Crippen molar-refractivity contribution in [2.75, 3.05) is 19.6 Å². The molecule has 110 valence electrons. The minimum atomic E-state index is 0.190. The summed E-state index contributed by atoms with van der Waals surface area (Å²) in [6, 6.07) is 0. The molecule has 2 heteroatoms. The Kier molecular flexibility index (Phi) is 9.76. The van der Waals surface area contributed by atoms with E-state index in [4.69, 9.17) is 5.73 Å². The highest BCUT2D eigenvalue weighted by atomic mass is 15.2. The molecule has 0 saturated carbocycles. The zero-order valence-corrected chi connectivity index (χ0v) is 13.5. The Labute approximate surface area is 115 Å². The van der Waals surface area contributed by atoms with Crippen LogP contribution in [0.4, 0.5) is 0 Å². The van der Waals surface area contributed by atoms with Crippen LogP contribution < -0.4 is 5.73 Å². The Morgan fingerprint density at radius 1 is 1.11 bits per heavy atom. The second-order valence-corrected chi connectivity index (χ2v) is 5.92. The summed E-state index contributed by atoms with van der Waals surface area (Å²) in [5.74, 6) is 0.842. The van der Waals surface area contributed by atoms with Gasteiger partial charge in [0.2, 0.25) is 0 Å². The van der Waals surface area contributed by atoms with Crippen molar-refractivity contribution in [2.24, 2.45) is 11.7 Å². The first-order valence-electron chi connectivity index (χ1n) is 8.02. The lowest BCUT2D eigenvalue weighted by molar-refractivity contribution is 0.0825. The average Bonchev–Trinajstić information content (AvgIpc) is 2.41. The highest BCUT2D eigenvalue weighted by Gasteiger charge is 2.29. The Hall–Kier alpha value is -0.0800. The molecule has 2 nitrogen and oxygen atoms in total. The molecule has 0 aromatic carbocycles. The standard InChI is InChI=1S/C16H36N2/c1-6-10-11-15(8-3)13-18(12-7-2)16(5,9-4)14-17/h15H,6-14,17H2,1-5H3. The monoisotopic (exact) mass is 256 g/mol. The fraction of sp³-hybridized carbons (Fsp3) is 1.00. The van der Waals surface area contributed by atoms with E-state index in [0.717, 1.165) is 18.9 Å². The lowest BCUT2D eigenvalue weighted by Gasteiger charge is -2.42. The molecule has 0 fully saturated rings. The predicted molar refractivity (Wildman–Crippen MR) is 82.9 cm³/mol. The summed E-state index contributed by atoms with van der Waals surface area (Å²) in [6.07, 6.45) is 7.71. The van der Waals surface area contributed by atoms with Gasteiger partial charge in [-0.25, -0.2) is 0 Å². The molecular weight excluding hydrogens is 220 g/mol. The van der Waals surface area contributed by atoms with Crippen molar-refractivity contribution in [3.8, 4) is 0 Å². The van der Waals surface area contributed by atoms with Gasteiger partial charge in [0.15, 0.2) is 0 Å². The van der Waals surface area contributed by atoms with Gasteiger partial charge in [0, 0.05) is 18.6 Å². The molecule has 0 aromatic heterocycles. The molecule has 0 saturated heterocycles. The predicted octanol–water partition coefficient (Wildman–Crippen LogP) is 4.04. The first kappa shape index (κ1) is 17.9. The maximum Gasteiger partial charge on any atom is 0.0301 e. The van der Waals surface area contributed by atoms with Crippen molar-refractivity contribution < 1.29 is 0 Å². The van der Waals surface area contributed by atoms with Crippen LogP contribution in [0, 0.1) is 5.92 Å².